The summed E-state index contributed by atoms with van der Waals surface area (Å²) in [4.78, 5) is 14.4. The molecule has 0 spiro atoms. The van der Waals surface area contributed by atoms with Gasteiger partial charge in [0.1, 0.15) is 0 Å². The van der Waals surface area contributed by atoms with Gasteiger partial charge in [-0.05, 0) is 31.3 Å². The fourth-order valence-electron chi connectivity index (χ4n) is 3.32. The summed E-state index contributed by atoms with van der Waals surface area (Å²) < 4.78 is 24.0. The molecule has 0 aliphatic carbocycles. The Labute approximate surface area is 128 Å². The van der Waals surface area contributed by atoms with Gasteiger partial charge in [-0.1, -0.05) is 27.2 Å². The minimum atomic E-state index is -3.04. The molecule has 2 atom stereocenters. The summed E-state index contributed by atoms with van der Waals surface area (Å²) in [6, 6.07) is -0.290. The molecule has 2 aliphatic heterocycles. The number of hydrogen-bond acceptors (Lipinski definition) is 4. The lowest BCUT2D eigenvalue weighted by Crippen LogP contribution is -2.52. The first kappa shape index (κ1) is 16.7. The minimum absolute atomic E-state index is 0.0355. The molecule has 0 unspecified atom stereocenters. The first-order valence-electron chi connectivity index (χ1n) is 7.90. The molecule has 2 saturated heterocycles. The second-order valence-electron chi connectivity index (χ2n) is 7.65. The van der Waals surface area contributed by atoms with Gasteiger partial charge in [-0.2, -0.15) is 0 Å². The topological polar surface area (TPSA) is 66.5 Å². The second-order valence-corrected chi connectivity index (χ2v) is 9.81. The Bertz CT molecular complexity index is 476. The molecule has 0 aromatic carbocycles. The van der Waals surface area contributed by atoms with Crippen LogP contribution in [-0.4, -0.2) is 55.9 Å². The Kier molecular flexibility index (Phi) is 4.98. The highest BCUT2D eigenvalue weighted by molar-refractivity contribution is 7.91. The molecule has 2 fully saturated rings. The van der Waals surface area contributed by atoms with Crippen molar-refractivity contribution in [1.29, 1.82) is 0 Å². The number of likely N-dealkylation sites (tertiary alicyclic amines) is 1. The molecule has 1 amide bonds. The van der Waals surface area contributed by atoms with E-state index in [-0.39, 0.29) is 34.9 Å². The molecule has 21 heavy (non-hydrogen) atoms. The molecule has 122 valence electrons. The van der Waals surface area contributed by atoms with E-state index in [2.05, 4.69) is 10.2 Å². The SMILES string of the molecule is CC(C)(C)CC(=O)N[C@@H]1CS(=O)(=O)C[C@H]1N1CCCCC1. The maximum absolute atomic E-state index is 12.1. The maximum atomic E-state index is 12.1. The minimum Gasteiger partial charge on any atom is -0.351 e. The number of rotatable bonds is 3. The van der Waals surface area contributed by atoms with E-state index in [1.807, 2.05) is 20.8 Å². The summed E-state index contributed by atoms with van der Waals surface area (Å²) in [6.45, 7) is 7.94. The van der Waals surface area contributed by atoms with Crippen LogP contribution in [0.15, 0.2) is 0 Å². The maximum Gasteiger partial charge on any atom is 0.220 e. The number of carbonyl (C=O) groups is 1. The van der Waals surface area contributed by atoms with Crippen LogP contribution in [0.25, 0.3) is 0 Å². The number of piperidine rings is 1. The van der Waals surface area contributed by atoms with Gasteiger partial charge in [-0.3, -0.25) is 9.69 Å². The second kappa shape index (κ2) is 6.24. The third kappa shape index (κ3) is 4.95. The lowest BCUT2D eigenvalue weighted by atomic mass is 9.91. The van der Waals surface area contributed by atoms with Crippen molar-refractivity contribution in [3.05, 3.63) is 0 Å². The summed E-state index contributed by atoms with van der Waals surface area (Å²) in [7, 11) is -3.04. The lowest BCUT2D eigenvalue weighted by molar-refractivity contribution is -0.123. The molecule has 2 heterocycles. The van der Waals surface area contributed by atoms with Crippen LogP contribution < -0.4 is 5.32 Å². The number of nitrogens with one attached hydrogen (secondary N) is 1. The predicted molar refractivity (Wildman–Crippen MR) is 83.9 cm³/mol. The number of carbonyl (C=O) groups excluding carboxylic acids is 1. The molecular weight excluding hydrogens is 288 g/mol. The van der Waals surface area contributed by atoms with E-state index in [0.717, 1.165) is 25.9 Å². The van der Waals surface area contributed by atoms with Crippen molar-refractivity contribution in [3.63, 3.8) is 0 Å². The number of nitrogens with zero attached hydrogens (tertiary/aromatic N) is 1. The molecule has 0 saturated carbocycles. The summed E-state index contributed by atoms with van der Waals surface area (Å²) in [5.41, 5.74) is -0.0812. The molecule has 2 aliphatic rings. The van der Waals surface area contributed by atoms with Gasteiger partial charge in [0.25, 0.3) is 0 Å². The van der Waals surface area contributed by atoms with E-state index in [0.29, 0.717) is 6.42 Å². The first-order valence-corrected chi connectivity index (χ1v) is 9.72. The zero-order chi connectivity index (χ0) is 15.7. The van der Waals surface area contributed by atoms with E-state index in [9.17, 15) is 13.2 Å². The smallest absolute Gasteiger partial charge is 0.220 e. The highest BCUT2D eigenvalue weighted by atomic mass is 32.2. The largest absolute Gasteiger partial charge is 0.351 e. The Hall–Kier alpha value is -0.620. The van der Waals surface area contributed by atoms with Crippen LogP contribution in [-0.2, 0) is 14.6 Å². The predicted octanol–water partition coefficient (Wildman–Crippen LogP) is 1.19. The number of hydrogen-bond donors (Lipinski definition) is 1. The third-order valence-electron chi connectivity index (χ3n) is 4.22. The molecule has 6 heteroatoms. The van der Waals surface area contributed by atoms with Crippen LogP contribution in [0.1, 0.15) is 46.5 Å². The quantitative estimate of drug-likeness (QED) is 0.849. The molecular formula is C15H28N2O3S. The van der Waals surface area contributed by atoms with Crippen LogP contribution in [0.3, 0.4) is 0 Å². The third-order valence-corrected chi connectivity index (χ3v) is 5.94. The van der Waals surface area contributed by atoms with Gasteiger partial charge >= 0.3 is 0 Å². The van der Waals surface area contributed by atoms with Gasteiger partial charge in [0.15, 0.2) is 9.84 Å². The van der Waals surface area contributed by atoms with Crippen LogP contribution in [0.5, 0.6) is 0 Å². The summed E-state index contributed by atoms with van der Waals surface area (Å²) >= 11 is 0. The van der Waals surface area contributed by atoms with Crippen molar-refractivity contribution in [2.75, 3.05) is 24.6 Å². The van der Waals surface area contributed by atoms with E-state index >= 15 is 0 Å². The fraction of sp³-hybridized carbons (Fsp3) is 0.933. The van der Waals surface area contributed by atoms with Crippen molar-refractivity contribution in [1.82, 2.24) is 10.2 Å². The van der Waals surface area contributed by atoms with Crippen LogP contribution in [0.2, 0.25) is 0 Å². The van der Waals surface area contributed by atoms with Gasteiger partial charge in [0.05, 0.1) is 17.5 Å². The van der Waals surface area contributed by atoms with Gasteiger partial charge in [-0.15, -0.1) is 0 Å². The van der Waals surface area contributed by atoms with Crippen LogP contribution in [0, 0.1) is 5.41 Å². The first-order chi connectivity index (χ1) is 9.66. The monoisotopic (exact) mass is 316 g/mol. The Morgan fingerprint density at radius 1 is 1.14 bits per heavy atom. The van der Waals surface area contributed by atoms with Crippen LogP contribution in [0.4, 0.5) is 0 Å². The van der Waals surface area contributed by atoms with E-state index in [1.54, 1.807) is 0 Å². The summed E-state index contributed by atoms with van der Waals surface area (Å²) in [5.74, 6) is 0.240. The Morgan fingerprint density at radius 3 is 2.33 bits per heavy atom. The van der Waals surface area contributed by atoms with Gasteiger partial charge in [-0.25, -0.2) is 8.42 Å². The average Bonchev–Trinajstić information content (AvgIpc) is 2.63. The molecule has 1 N–H and O–H groups in total. The molecule has 0 radical (unpaired) electrons. The van der Waals surface area contributed by atoms with E-state index in [4.69, 9.17) is 0 Å². The summed E-state index contributed by atoms with van der Waals surface area (Å²) in [5, 5.41) is 2.98. The van der Waals surface area contributed by atoms with Crippen molar-refractivity contribution in [3.8, 4) is 0 Å². The Morgan fingerprint density at radius 2 is 1.76 bits per heavy atom. The molecule has 2 rings (SSSR count). The van der Waals surface area contributed by atoms with Crippen molar-refractivity contribution < 1.29 is 13.2 Å². The highest BCUT2D eigenvalue weighted by Gasteiger charge is 2.42. The standard InChI is InChI=1S/C15H28N2O3S/c1-15(2,3)9-14(18)16-12-10-21(19,20)11-13(12)17-7-5-4-6-8-17/h12-13H,4-11H2,1-3H3,(H,16,18)/t12-,13-/m1/s1. The van der Waals surface area contributed by atoms with E-state index < -0.39 is 9.84 Å². The normalized spacial score (nSPS) is 30.2. The molecule has 0 aromatic heterocycles. The van der Waals surface area contributed by atoms with Crippen molar-refractivity contribution in [2.24, 2.45) is 5.41 Å². The Balaban J connectivity index is 2.02. The molecule has 0 aromatic rings. The zero-order valence-corrected chi connectivity index (χ0v) is 14.2. The molecule has 5 nitrogen and oxygen atoms in total. The number of amides is 1. The lowest BCUT2D eigenvalue weighted by Gasteiger charge is -2.35. The van der Waals surface area contributed by atoms with Gasteiger partial charge in [0.2, 0.25) is 5.91 Å². The fourth-order valence-corrected chi connectivity index (χ4v) is 5.27. The van der Waals surface area contributed by atoms with Gasteiger partial charge < -0.3 is 5.32 Å². The summed E-state index contributed by atoms with van der Waals surface area (Å²) in [6.07, 6.45) is 3.89. The van der Waals surface area contributed by atoms with Gasteiger partial charge in [0, 0.05) is 12.5 Å². The zero-order valence-electron chi connectivity index (χ0n) is 13.4. The van der Waals surface area contributed by atoms with Crippen molar-refractivity contribution in [2.45, 2.75) is 58.5 Å². The molecule has 0 bridgehead atoms. The van der Waals surface area contributed by atoms with Crippen molar-refractivity contribution >= 4 is 15.7 Å². The number of sulfone groups is 1. The van der Waals surface area contributed by atoms with Crippen LogP contribution >= 0.6 is 0 Å². The van der Waals surface area contributed by atoms with E-state index in [1.165, 1.54) is 6.42 Å². The highest BCUT2D eigenvalue weighted by Crippen LogP contribution is 2.23. The average molecular weight is 316 g/mol.